The standard InChI is InChI=1S/C32H30N6O4/c1-32(2,3)42-31(41)34-16-9-17-38-25-14-7-5-12-22(25)28(36-38)27-26(29(39)35-30(27)40)23-19-37(20-10-8-15-33-18-20)24-13-6-4-11-21(23)24/h4-8,10-15,18-19H,9,16-17H2,1-3H3,(H,34,41)(H,35,39,40). The predicted octanol–water partition coefficient (Wildman–Crippen LogP) is 4.86. The number of hydrogen-bond acceptors (Lipinski definition) is 6. The van der Waals surface area contributed by atoms with E-state index in [9.17, 15) is 14.4 Å². The summed E-state index contributed by atoms with van der Waals surface area (Å²) in [7, 11) is 0. The number of aromatic nitrogens is 4. The van der Waals surface area contributed by atoms with Crippen LogP contribution in [0.1, 0.15) is 38.4 Å². The van der Waals surface area contributed by atoms with Crippen molar-refractivity contribution >= 4 is 50.9 Å². The highest BCUT2D eigenvalue weighted by atomic mass is 16.6. The summed E-state index contributed by atoms with van der Waals surface area (Å²) in [5.74, 6) is -0.959. The van der Waals surface area contributed by atoms with Crippen LogP contribution in [-0.2, 0) is 20.9 Å². The first kappa shape index (κ1) is 26.9. The highest BCUT2D eigenvalue weighted by Crippen LogP contribution is 2.38. The van der Waals surface area contributed by atoms with Gasteiger partial charge < -0.3 is 14.6 Å². The molecule has 3 amide bonds. The van der Waals surface area contributed by atoms with Crippen LogP contribution in [0.2, 0.25) is 0 Å². The Bertz CT molecular complexity index is 1880. The van der Waals surface area contributed by atoms with Gasteiger partial charge >= 0.3 is 6.09 Å². The second-order valence-electron chi connectivity index (χ2n) is 11.0. The summed E-state index contributed by atoms with van der Waals surface area (Å²) in [6, 6.07) is 19.1. The molecule has 10 heteroatoms. The Morgan fingerprint density at radius 1 is 0.929 bits per heavy atom. The number of para-hydroxylation sites is 2. The molecule has 10 nitrogen and oxygen atoms in total. The molecular formula is C32H30N6O4. The maximum atomic E-state index is 13.4. The Kier molecular flexibility index (Phi) is 6.82. The van der Waals surface area contributed by atoms with Gasteiger partial charge in [0.1, 0.15) is 11.3 Å². The molecular weight excluding hydrogens is 532 g/mol. The van der Waals surface area contributed by atoms with Gasteiger partial charge in [0.2, 0.25) is 0 Å². The minimum atomic E-state index is -0.577. The first-order valence-corrected chi connectivity index (χ1v) is 13.7. The van der Waals surface area contributed by atoms with E-state index in [2.05, 4.69) is 15.6 Å². The summed E-state index contributed by atoms with van der Waals surface area (Å²) in [5.41, 5.74) is 3.54. The molecule has 0 unspecified atom stereocenters. The zero-order valence-corrected chi connectivity index (χ0v) is 23.5. The van der Waals surface area contributed by atoms with Crippen molar-refractivity contribution in [1.82, 2.24) is 30.0 Å². The van der Waals surface area contributed by atoms with E-state index in [1.807, 2.05) is 92.2 Å². The van der Waals surface area contributed by atoms with E-state index in [-0.39, 0.29) is 11.1 Å². The molecule has 0 bridgehead atoms. The number of fused-ring (bicyclic) bond motifs is 2. The van der Waals surface area contributed by atoms with E-state index in [4.69, 9.17) is 9.84 Å². The second kappa shape index (κ2) is 10.6. The highest BCUT2D eigenvalue weighted by molar-refractivity contribution is 6.50. The zero-order chi connectivity index (χ0) is 29.4. The van der Waals surface area contributed by atoms with Crippen molar-refractivity contribution < 1.29 is 19.1 Å². The van der Waals surface area contributed by atoms with Crippen LogP contribution in [0.5, 0.6) is 0 Å². The lowest BCUT2D eigenvalue weighted by Gasteiger charge is -2.19. The van der Waals surface area contributed by atoms with Crippen LogP contribution in [0.15, 0.2) is 79.3 Å². The minimum Gasteiger partial charge on any atom is -0.444 e. The van der Waals surface area contributed by atoms with E-state index in [1.54, 1.807) is 17.1 Å². The Labute approximate surface area is 242 Å². The van der Waals surface area contributed by atoms with Gasteiger partial charge in [-0.25, -0.2) is 4.79 Å². The monoisotopic (exact) mass is 562 g/mol. The van der Waals surface area contributed by atoms with Crippen LogP contribution in [0.25, 0.3) is 38.6 Å². The smallest absolute Gasteiger partial charge is 0.407 e. The third-order valence-corrected chi connectivity index (χ3v) is 6.95. The number of aryl methyl sites for hydroxylation is 1. The fourth-order valence-electron chi connectivity index (χ4n) is 5.24. The molecule has 212 valence electrons. The SMILES string of the molecule is CC(C)(C)OC(=O)NCCCn1nc(C2=C(c3cn(-c4cccnc4)c4ccccc34)C(=O)NC2=O)c2ccccc21. The predicted molar refractivity (Wildman–Crippen MR) is 160 cm³/mol. The number of benzene rings is 2. The van der Waals surface area contributed by atoms with Gasteiger partial charge in [0.05, 0.1) is 34.1 Å². The summed E-state index contributed by atoms with van der Waals surface area (Å²) in [4.78, 5) is 43.0. The van der Waals surface area contributed by atoms with Crippen LogP contribution >= 0.6 is 0 Å². The molecule has 2 aromatic carbocycles. The van der Waals surface area contributed by atoms with Crippen molar-refractivity contribution in [2.75, 3.05) is 6.54 Å². The Morgan fingerprint density at radius 3 is 2.38 bits per heavy atom. The molecule has 0 atom stereocenters. The Balaban J connectivity index is 1.41. The lowest BCUT2D eigenvalue weighted by Crippen LogP contribution is -2.33. The molecule has 0 saturated carbocycles. The van der Waals surface area contributed by atoms with Crippen molar-refractivity contribution in [2.24, 2.45) is 0 Å². The fraction of sp³-hybridized carbons (Fsp3) is 0.219. The van der Waals surface area contributed by atoms with Crippen LogP contribution < -0.4 is 10.6 Å². The Morgan fingerprint density at radius 2 is 1.64 bits per heavy atom. The number of ether oxygens (including phenoxy) is 1. The number of hydrogen-bond donors (Lipinski definition) is 2. The van der Waals surface area contributed by atoms with Crippen LogP contribution in [-0.4, -0.2) is 49.4 Å². The molecule has 3 aromatic heterocycles. The van der Waals surface area contributed by atoms with Gasteiger partial charge in [-0.3, -0.25) is 24.6 Å². The lowest BCUT2D eigenvalue weighted by atomic mass is 9.97. The average molecular weight is 563 g/mol. The number of carbonyl (C=O) groups excluding carboxylic acids is 3. The number of nitrogens with zero attached hydrogens (tertiary/aromatic N) is 4. The number of pyridine rings is 1. The topological polar surface area (TPSA) is 120 Å². The van der Waals surface area contributed by atoms with Gasteiger partial charge in [0.15, 0.2) is 0 Å². The van der Waals surface area contributed by atoms with Crippen LogP contribution in [0, 0.1) is 0 Å². The van der Waals surface area contributed by atoms with Crippen molar-refractivity contribution in [3.63, 3.8) is 0 Å². The molecule has 1 aliphatic rings. The number of nitrogens with one attached hydrogen (secondary N) is 2. The quantitative estimate of drug-likeness (QED) is 0.216. The zero-order valence-electron chi connectivity index (χ0n) is 23.5. The second-order valence-corrected chi connectivity index (χ2v) is 11.0. The van der Waals surface area contributed by atoms with Gasteiger partial charge in [-0.05, 0) is 51.5 Å². The molecule has 6 rings (SSSR count). The van der Waals surface area contributed by atoms with Crippen molar-refractivity contribution in [1.29, 1.82) is 0 Å². The molecule has 2 N–H and O–H groups in total. The van der Waals surface area contributed by atoms with E-state index in [0.29, 0.717) is 30.8 Å². The number of rotatable bonds is 7. The molecule has 42 heavy (non-hydrogen) atoms. The number of carbonyl (C=O) groups is 3. The number of alkyl carbamates (subject to hydrolysis) is 1. The fourth-order valence-corrected chi connectivity index (χ4v) is 5.24. The van der Waals surface area contributed by atoms with Gasteiger partial charge in [0, 0.05) is 41.8 Å². The number of amides is 3. The third kappa shape index (κ3) is 5.03. The van der Waals surface area contributed by atoms with Crippen LogP contribution in [0.3, 0.4) is 0 Å². The maximum absolute atomic E-state index is 13.4. The van der Waals surface area contributed by atoms with Gasteiger partial charge in [-0.2, -0.15) is 5.10 Å². The van der Waals surface area contributed by atoms with Crippen molar-refractivity contribution in [2.45, 2.75) is 39.3 Å². The molecule has 0 radical (unpaired) electrons. The van der Waals surface area contributed by atoms with Crippen molar-refractivity contribution in [3.8, 4) is 5.69 Å². The van der Waals surface area contributed by atoms with E-state index >= 15 is 0 Å². The summed E-state index contributed by atoms with van der Waals surface area (Å²) < 4.78 is 9.08. The molecule has 0 spiro atoms. The van der Waals surface area contributed by atoms with Gasteiger partial charge in [0.25, 0.3) is 11.8 Å². The molecule has 0 fully saturated rings. The van der Waals surface area contributed by atoms with Gasteiger partial charge in [-0.15, -0.1) is 0 Å². The molecule has 0 aliphatic carbocycles. The average Bonchev–Trinajstić information content (AvgIpc) is 3.61. The Hall–Kier alpha value is -5.25. The first-order valence-electron chi connectivity index (χ1n) is 13.7. The number of imide groups is 1. The highest BCUT2D eigenvalue weighted by Gasteiger charge is 2.36. The summed E-state index contributed by atoms with van der Waals surface area (Å²) in [5, 5.41) is 11.7. The maximum Gasteiger partial charge on any atom is 0.407 e. The molecule has 5 aromatic rings. The summed E-state index contributed by atoms with van der Waals surface area (Å²) in [6.07, 6.45) is 5.43. The van der Waals surface area contributed by atoms with Crippen molar-refractivity contribution in [3.05, 3.63) is 90.5 Å². The summed E-state index contributed by atoms with van der Waals surface area (Å²) in [6.45, 7) is 6.31. The molecule has 0 saturated heterocycles. The first-order chi connectivity index (χ1) is 20.2. The van der Waals surface area contributed by atoms with E-state index in [0.717, 1.165) is 27.5 Å². The van der Waals surface area contributed by atoms with Crippen LogP contribution in [0.4, 0.5) is 4.79 Å². The largest absolute Gasteiger partial charge is 0.444 e. The minimum absolute atomic E-state index is 0.232. The molecule has 4 heterocycles. The van der Waals surface area contributed by atoms with E-state index in [1.165, 1.54) is 0 Å². The summed E-state index contributed by atoms with van der Waals surface area (Å²) >= 11 is 0. The van der Waals surface area contributed by atoms with Gasteiger partial charge in [-0.1, -0.05) is 36.4 Å². The normalized spacial score (nSPS) is 13.7. The molecule has 1 aliphatic heterocycles. The third-order valence-electron chi connectivity index (χ3n) is 6.95. The lowest BCUT2D eigenvalue weighted by molar-refractivity contribution is -0.122. The van der Waals surface area contributed by atoms with E-state index < -0.39 is 23.5 Å².